The van der Waals surface area contributed by atoms with E-state index in [1.54, 1.807) is 7.05 Å². The fraction of sp³-hybridized carbons (Fsp3) is 0.476. The molecule has 0 saturated carbocycles. The topological polar surface area (TPSA) is 65.8 Å². The molecule has 2 aliphatic rings. The number of aryl methyl sites for hydroxylation is 2. The van der Waals surface area contributed by atoms with Crippen molar-refractivity contribution in [1.29, 1.82) is 0 Å². The molecule has 1 atom stereocenters. The van der Waals surface area contributed by atoms with Crippen molar-refractivity contribution >= 4 is 17.6 Å². The Morgan fingerprint density at radius 1 is 1.32 bits per heavy atom. The van der Waals surface area contributed by atoms with E-state index in [0.717, 1.165) is 50.5 Å². The number of hydrogen-bond donors (Lipinski definition) is 1. The van der Waals surface area contributed by atoms with Gasteiger partial charge in [0.1, 0.15) is 0 Å². The molecule has 0 spiro atoms. The Morgan fingerprint density at radius 2 is 2.18 bits per heavy atom. The van der Waals surface area contributed by atoms with E-state index < -0.39 is 0 Å². The summed E-state index contributed by atoms with van der Waals surface area (Å²) in [5.41, 5.74) is 3.57. The largest absolute Gasteiger partial charge is 0.347 e. The number of amides is 1. The van der Waals surface area contributed by atoms with E-state index >= 15 is 0 Å². The molecular formula is C21H28N6O. The van der Waals surface area contributed by atoms with E-state index in [9.17, 15) is 4.79 Å². The van der Waals surface area contributed by atoms with Crippen LogP contribution in [0.2, 0.25) is 0 Å². The number of carbonyl (C=O) groups excluding carboxylic acids is 1. The van der Waals surface area contributed by atoms with E-state index in [1.807, 2.05) is 41.0 Å². The lowest BCUT2D eigenvalue weighted by Gasteiger charge is -2.30. The van der Waals surface area contributed by atoms with E-state index in [0.29, 0.717) is 5.92 Å². The van der Waals surface area contributed by atoms with Crippen LogP contribution in [0.15, 0.2) is 41.7 Å². The van der Waals surface area contributed by atoms with Crippen LogP contribution in [-0.2, 0) is 18.3 Å². The summed E-state index contributed by atoms with van der Waals surface area (Å²) in [6, 6.07) is 8.20. The normalized spacial score (nSPS) is 19.6. The highest BCUT2D eigenvalue weighted by atomic mass is 16.2. The van der Waals surface area contributed by atoms with Gasteiger partial charge in [0.2, 0.25) is 5.91 Å². The average molecular weight is 380 g/mol. The lowest BCUT2D eigenvalue weighted by molar-refractivity contribution is -0.117. The molecule has 4 rings (SSSR count). The minimum absolute atomic E-state index is 0.0938. The number of anilines is 1. The van der Waals surface area contributed by atoms with E-state index in [4.69, 9.17) is 0 Å². The Hall–Kier alpha value is -2.83. The summed E-state index contributed by atoms with van der Waals surface area (Å²) in [6.45, 7) is 2.87. The Bertz CT molecular complexity index is 873. The molecule has 7 heteroatoms. The second kappa shape index (κ2) is 8.04. The standard InChI is InChI=1S/C21H28N6O/c1-22-21(26-11-9-17(15-26)18-12-24-25(2)14-18)23-13-20(28)27-10-5-7-16-6-3-4-8-19(16)27/h3-4,6,8,12,14,17H,5,7,9-11,13,15H2,1-2H3,(H,22,23). The van der Waals surface area contributed by atoms with Crippen LogP contribution < -0.4 is 10.2 Å². The quantitative estimate of drug-likeness (QED) is 0.651. The number of aromatic nitrogens is 2. The van der Waals surface area contributed by atoms with Gasteiger partial charge in [-0.3, -0.25) is 14.5 Å². The van der Waals surface area contributed by atoms with Crippen LogP contribution in [0, 0.1) is 0 Å². The van der Waals surface area contributed by atoms with Crippen LogP contribution in [0.25, 0.3) is 0 Å². The zero-order valence-electron chi connectivity index (χ0n) is 16.6. The Balaban J connectivity index is 1.36. The van der Waals surface area contributed by atoms with Crippen LogP contribution in [0.3, 0.4) is 0 Å². The molecular weight excluding hydrogens is 352 g/mol. The molecule has 1 N–H and O–H groups in total. The van der Waals surface area contributed by atoms with Crippen molar-refractivity contribution in [3.63, 3.8) is 0 Å². The zero-order valence-corrected chi connectivity index (χ0v) is 16.6. The molecule has 1 aromatic heterocycles. The molecule has 1 saturated heterocycles. The fourth-order valence-corrected chi connectivity index (χ4v) is 4.25. The number of fused-ring (bicyclic) bond motifs is 1. The number of nitrogens with zero attached hydrogens (tertiary/aromatic N) is 5. The summed E-state index contributed by atoms with van der Waals surface area (Å²) in [7, 11) is 3.72. The predicted octanol–water partition coefficient (Wildman–Crippen LogP) is 1.76. The molecule has 1 aromatic carbocycles. The molecule has 0 radical (unpaired) electrons. The molecule has 2 aromatic rings. The first-order chi connectivity index (χ1) is 13.7. The van der Waals surface area contributed by atoms with E-state index in [1.165, 1.54) is 11.1 Å². The molecule has 148 valence electrons. The number of rotatable bonds is 3. The SMILES string of the molecule is CN=C(NCC(=O)N1CCCc2ccccc21)N1CCC(c2cnn(C)c2)C1. The van der Waals surface area contributed by atoms with Gasteiger partial charge in [-0.25, -0.2) is 0 Å². The van der Waals surface area contributed by atoms with Crippen molar-refractivity contribution in [2.45, 2.75) is 25.2 Å². The molecule has 3 heterocycles. The number of nitrogens with one attached hydrogen (secondary N) is 1. The molecule has 0 bridgehead atoms. The Morgan fingerprint density at radius 3 is 2.96 bits per heavy atom. The summed E-state index contributed by atoms with van der Waals surface area (Å²) in [4.78, 5) is 21.4. The number of carbonyl (C=O) groups is 1. The maximum atomic E-state index is 12.9. The summed E-state index contributed by atoms with van der Waals surface area (Å²) >= 11 is 0. The van der Waals surface area contributed by atoms with Crippen LogP contribution in [0.5, 0.6) is 0 Å². The van der Waals surface area contributed by atoms with Crippen molar-refractivity contribution in [2.75, 3.05) is 38.1 Å². The summed E-state index contributed by atoms with van der Waals surface area (Å²) in [5.74, 6) is 1.35. The van der Waals surface area contributed by atoms with Gasteiger partial charge in [0.25, 0.3) is 0 Å². The third-order valence-electron chi connectivity index (χ3n) is 5.70. The number of para-hydroxylation sites is 1. The lowest BCUT2D eigenvalue weighted by atomic mass is 10.0. The van der Waals surface area contributed by atoms with Crippen molar-refractivity contribution in [3.8, 4) is 0 Å². The van der Waals surface area contributed by atoms with Crippen LogP contribution in [0.1, 0.15) is 29.9 Å². The molecule has 0 aliphatic carbocycles. The number of aliphatic imine (C=N–C) groups is 1. The molecule has 28 heavy (non-hydrogen) atoms. The summed E-state index contributed by atoms with van der Waals surface area (Å²) < 4.78 is 1.85. The van der Waals surface area contributed by atoms with Crippen molar-refractivity contribution in [3.05, 3.63) is 47.8 Å². The van der Waals surface area contributed by atoms with Crippen molar-refractivity contribution < 1.29 is 4.79 Å². The highest BCUT2D eigenvalue weighted by Crippen LogP contribution is 2.27. The maximum Gasteiger partial charge on any atom is 0.246 e. The third-order valence-corrected chi connectivity index (χ3v) is 5.70. The van der Waals surface area contributed by atoms with Gasteiger partial charge in [0, 0.05) is 51.5 Å². The van der Waals surface area contributed by atoms with Gasteiger partial charge in [-0.1, -0.05) is 18.2 Å². The Kier molecular flexibility index (Phi) is 5.32. The Labute approximate surface area is 166 Å². The molecule has 7 nitrogen and oxygen atoms in total. The number of likely N-dealkylation sites (tertiary alicyclic amines) is 1. The van der Waals surface area contributed by atoms with Gasteiger partial charge in [0.15, 0.2) is 5.96 Å². The summed E-state index contributed by atoms with van der Waals surface area (Å²) in [5, 5.41) is 7.56. The second-order valence-corrected chi connectivity index (χ2v) is 7.56. The van der Waals surface area contributed by atoms with E-state index in [-0.39, 0.29) is 12.5 Å². The first-order valence-corrected chi connectivity index (χ1v) is 9.98. The van der Waals surface area contributed by atoms with Gasteiger partial charge in [0.05, 0.1) is 12.7 Å². The second-order valence-electron chi connectivity index (χ2n) is 7.56. The van der Waals surface area contributed by atoms with Crippen LogP contribution >= 0.6 is 0 Å². The molecule has 2 aliphatic heterocycles. The van der Waals surface area contributed by atoms with Gasteiger partial charge < -0.3 is 15.1 Å². The number of hydrogen-bond acceptors (Lipinski definition) is 3. The fourth-order valence-electron chi connectivity index (χ4n) is 4.25. The highest BCUT2D eigenvalue weighted by Gasteiger charge is 2.28. The highest BCUT2D eigenvalue weighted by molar-refractivity contribution is 5.98. The molecule has 1 unspecified atom stereocenters. The van der Waals surface area contributed by atoms with Crippen molar-refractivity contribution in [2.24, 2.45) is 12.0 Å². The minimum Gasteiger partial charge on any atom is -0.347 e. The van der Waals surface area contributed by atoms with Gasteiger partial charge in [-0.2, -0.15) is 5.10 Å². The first-order valence-electron chi connectivity index (χ1n) is 9.98. The van der Waals surface area contributed by atoms with Crippen molar-refractivity contribution in [1.82, 2.24) is 20.0 Å². The third kappa shape index (κ3) is 3.74. The predicted molar refractivity (Wildman–Crippen MR) is 111 cm³/mol. The maximum absolute atomic E-state index is 12.9. The van der Waals surface area contributed by atoms with Crippen LogP contribution in [-0.4, -0.2) is 59.8 Å². The van der Waals surface area contributed by atoms with Gasteiger partial charge in [-0.15, -0.1) is 0 Å². The summed E-state index contributed by atoms with van der Waals surface area (Å²) in [6.07, 6.45) is 7.15. The monoisotopic (exact) mass is 380 g/mol. The molecule has 1 amide bonds. The number of guanidine groups is 1. The average Bonchev–Trinajstić information content (AvgIpc) is 3.37. The van der Waals surface area contributed by atoms with Gasteiger partial charge in [-0.05, 0) is 36.5 Å². The van der Waals surface area contributed by atoms with Gasteiger partial charge >= 0.3 is 0 Å². The zero-order chi connectivity index (χ0) is 19.5. The lowest BCUT2D eigenvalue weighted by Crippen LogP contribution is -2.47. The molecule has 1 fully saturated rings. The van der Waals surface area contributed by atoms with E-state index in [2.05, 4.69) is 32.6 Å². The minimum atomic E-state index is 0.0938. The smallest absolute Gasteiger partial charge is 0.246 e. The first kappa shape index (κ1) is 18.5. The number of benzene rings is 1. The van der Waals surface area contributed by atoms with Crippen LogP contribution in [0.4, 0.5) is 5.69 Å².